The third kappa shape index (κ3) is 16.5. The summed E-state index contributed by atoms with van der Waals surface area (Å²) >= 11 is 0. The standard InChI is InChI=1S/C106H92O16P4/c1-65-57-69(5)93(103(111)123(115,77-37-21-13-22-38-77)78-39-23-14-24-40-78)73(9)89(65)61-119-99(107)85-53-54-87(101(109)121-63-91-67(3)59-71(7)95(75(91)11)105(113)125(117,81-45-29-17-30-46-81)82-47-31-18-32-48-82)98-88(102(110)122-64-92-68(4)60-72(8)96(76(92)12)106(114)126(118,83-49-33-19-34-50-83)84-51-35-20-36-52-84)56-55-86(97(85)98)100(108)120-62-90-66(2)58-70(6)94(74(90)10)104(112)124(116,79-41-25-15-26-42-79)80-43-27-16-28-44-80/h13-60H,61-64H2,1-12H3. The van der Waals surface area contributed by atoms with Crippen LogP contribution in [0.15, 0.2) is 291 Å². The average Bonchev–Trinajstić information content (AvgIpc) is 0.749. The summed E-state index contributed by atoms with van der Waals surface area (Å²) in [6.45, 7) is 18.6. The number of carbonyl (C=O) groups is 8. The molecule has 14 rings (SSSR count). The molecule has 0 heterocycles. The summed E-state index contributed by atoms with van der Waals surface area (Å²) in [5, 5.41) is 1.70. The van der Waals surface area contributed by atoms with Gasteiger partial charge in [-0.05, 0) is 196 Å². The van der Waals surface area contributed by atoms with Crippen LogP contribution in [0.1, 0.15) is 172 Å². The number of carbonyl (C=O) groups excluding carboxylic acids is 8. The highest BCUT2D eigenvalue weighted by Gasteiger charge is 2.44. The lowest BCUT2D eigenvalue weighted by molar-refractivity contribution is 0.0450. The molecule has 0 spiro atoms. The van der Waals surface area contributed by atoms with E-state index in [1.165, 1.54) is 24.3 Å². The Hall–Kier alpha value is -13.2. The Morgan fingerprint density at radius 2 is 0.349 bits per heavy atom. The van der Waals surface area contributed by atoms with Crippen molar-refractivity contribution in [1.29, 1.82) is 0 Å². The van der Waals surface area contributed by atoms with Gasteiger partial charge in [0.2, 0.25) is 50.7 Å². The Morgan fingerprint density at radius 3 is 0.492 bits per heavy atom. The molecular weight excluding hydrogens is 1650 g/mol. The quantitative estimate of drug-likeness (QED) is 0.0251. The number of fused-ring (bicyclic) bond motifs is 1. The number of hydrogen-bond donors (Lipinski definition) is 0. The van der Waals surface area contributed by atoms with Gasteiger partial charge in [0.1, 0.15) is 26.4 Å². The fraction of sp³-hybridized carbons (Fsp3) is 0.151. The van der Waals surface area contributed by atoms with E-state index in [-0.39, 0.29) is 33.0 Å². The second-order valence-electron chi connectivity index (χ2n) is 31.7. The van der Waals surface area contributed by atoms with Crippen molar-refractivity contribution in [2.45, 2.75) is 110 Å². The third-order valence-electron chi connectivity index (χ3n) is 23.9. The Balaban J connectivity index is 0.919. The smallest absolute Gasteiger partial charge is 0.339 e. The van der Waals surface area contributed by atoms with Gasteiger partial charge in [-0.1, -0.05) is 267 Å². The van der Waals surface area contributed by atoms with Crippen molar-refractivity contribution < 1.29 is 75.6 Å². The maximum atomic E-state index is 15.9. The summed E-state index contributed by atoms with van der Waals surface area (Å²) in [5.41, 5.74) is 3.62. The minimum absolute atomic E-state index is 0.137. The highest BCUT2D eigenvalue weighted by atomic mass is 31.2. The van der Waals surface area contributed by atoms with Crippen LogP contribution in [-0.2, 0) is 63.6 Å². The predicted octanol–water partition coefficient (Wildman–Crippen LogP) is 20.6. The van der Waals surface area contributed by atoms with E-state index in [0.717, 1.165) is 0 Å². The zero-order valence-corrected chi connectivity index (χ0v) is 75.4. The van der Waals surface area contributed by atoms with Gasteiger partial charge in [-0.25, -0.2) is 19.2 Å². The van der Waals surface area contributed by atoms with Crippen LogP contribution in [0.4, 0.5) is 0 Å². The lowest BCUT2D eigenvalue weighted by Gasteiger charge is -2.23. The zero-order valence-electron chi connectivity index (χ0n) is 71.9. The van der Waals surface area contributed by atoms with Crippen LogP contribution in [0.2, 0.25) is 0 Å². The molecule has 16 nitrogen and oxygen atoms in total. The van der Waals surface area contributed by atoms with Gasteiger partial charge in [0, 0.05) is 75.5 Å². The Kier molecular flexibility index (Phi) is 26.1. The van der Waals surface area contributed by atoms with Gasteiger partial charge in [0.05, 0.1) is 22.3 Å². The second-order valence-corrected chi connectivity index (χ2v) is 42.3. The van der Waals surface area contributed by atoms with Gasteiger partial charge in [-0.2, -0.15) is 0 Å². The van der Waals surface area contributed by atoms with Crippen molar-refractivity contribution in [3.8, 4) is 0 Å². The van der Waals surface area contributed by atoms with Gasteiger partial charge in [0.25, 0.3) is 0 Å². The lowest BCUT2D eigenvalue weighted by Crippen LogP contribution is -2.24. The molecule has 0 aliphatic rings. The highest BCUT2D eigenvalue weighted by Crippen LogP contribution is 2.53. The van der Waals surface area contributed by atoms with Gasteiger partial charge in [0.15, 0.2) is 0 Å². The van der Waals surface area contributed by atoms with E-state index >= 15 is 56.6 Å². The summed E-state index contributed by atoms with van der Waals surface area (Å²) in [6.07, 6.45) is 0. The van der Waals surface area contributed by atoms with Crippen LogP contribution in [0.3, 0.4) is 0 Å². The van der Waals surface area contributed by atoms with Crippen molar-refractivity contribution in [1.82, 2.24) is 0 Å². The number of rotatable bonds is 28. The number of ether oxygens (including phenoxy) is 4. The van der Waals surface area contributed by atoms with Crippen molar-refractivity contribution in [3.63, 3.8) is 0 Å². The first-order chi connectivity index (χ1) is 60.4. The number of esters is 4. The molecule has 632 valence electrons. The molecular formula is C106H92O16P4. The largest absolute Gasteiger partial charge is 0.457 e. The molecule has 0 aliphatic heterocycles. The molecule has 0 aliphatic carbocycles. The third-order valence-corrected chi connectivity index (χ3v) is 35.3. The van der Waals surface area contributed by atoms with Crippen LogP contribution in [0, 0.1) is 83.1 Å². The molecule has 20 heteroatoms. The number of hydrogen-bond acceptors (Lipinski definition) is 16. The van der Waals surface area contributed by atoms with Crippen molar-refractivity contribution >= 4 is 128 Å². The van der Waals surface area contributed by atoms with Crippen molar-refractivity contribution in [2.75, 3.05) is 0 Å². The molecule has 0 atom stereocenters. The Morgan fingerprint density at radius 1 is 0.206 bits per heavy atom. The molecule has 126 heavy (non-hydrogen) atoms. The van der Waals surface area contributed by atoms with E-state index in [9.17, 15) is 0 Å². The van der Waals surface area contributed by atoms with Gasteiger partial charge < -0.3 is 37.2 Å². The average molecular weight is 1750 g/mol. The fourth-order valence-electron chi connectivity index (χ4n) is 17.4. The fourth-order valence-corrected chi connectivity index (χ4v) is 27.9. The van der Waals surface area contributed by atoms with E-state index in [0.29, 0.717) is 131 Å². The molecule has 14 aromatic rings. The topological polar surface area (TPSA) is 242 Å². The monoisotopic (exact) mass is 1740 g/mol. The summed E-state index contributed by atoms with van der Waals surface area (Å²) in [6, 6.07) is 79.8. The molecule has 0 saturated carbocycles. The second kappa shape index (κ2) is 36.9. The van der Waals surface area contributed by atoms with E-state index < -0.39 is 123 Å². The lowest BCUT2D eigenvalue weighted by atomic mass is 9.91. The molecule has 0 N–H and O–H groups in total. The predicted molar refractivity (Wildman–Crippen MR) is 499 cm³/mol. The minimum atomic E-state index is -4.12. The summed E-state index contributed by atoms with van der Waals surface area (Å²) in [4.78, 5) is 126. The van der Waals surface area contributed by atoms with Crippen LogP contribution in [-0.4, -0.2) is 46.0 Å². The first kappa shape index (κ1) is 89.1. The molecule has 0 saturated heterocycles. The molecule has 14 aromatic carbocycles. The SMILES string of the molecule is Cc1cc(C)c(C(=O)P(=O)(c2ccccc2)c2ccccc2)c(C)c1COC(=O)c1ccc(C(=O)OCc2c(C)cc(C)c(C(=O)P(=O)(c3ccccc3)c3ccccc3)c2C)c2c(C(=O)OCc3c(C)cc(C)c(C(=O)P(=O)(c4ccccc4)c4ccccc4)c3C)ccc(C(=O)OCc3c(C)cc(C)c(C(=O)P(=O)(c4ccccc4)c4ccccc4)c3C)c12. The van der Waals surface area contributed by atoms with Gasteiger partial charge >= 0.3 is 23.9 Å². The molecule has 0 aromatic heterocycles. The number of benzene rings is 14. The Labute approximate surface area is 732 Å². The first-order valence-electron chi connectivity index (χ1n) is 41.1. The highest BCUT2D eigenvalue weighted by molar-refractivity contribution is 7.95. The maximum absolute atomic E-state index is 15.9. The van der Waals surface area contributed by atoms with Gasteiger partial charge in [-0.3, -0.25) is 19.2 Å². The van der Waals surface area contributed by atoms with E-state index in [4.69, 9.17) is 18.9 Å². The van der Waals surface area contributed by atoms with E-state index in [1.807, 2.05) is 0 Å². The summed E-state index contributed by atoms with van der Waals surface area (Å²) < 4.78 is 88.8. The van der Waals surface area contributed by atoms with Crippen LogP contribution < -0.4 is 42.4 Å². The molecule has 0 unspecified atom stereocenters. The van der Waals surface area contributed by atoms with Crippen LogP contribution in [0.5, 0.6) is 0 Å². The van der Waals surface area contributed by atoms with Crippen molar-refractivity contribution in [2.24, 2.45) is 0 Å². The Bertz CT molecular complexity index is 5940. The number of aryl methyl sites for hydroxylation is 8. The van der Waals surface area contributed by atoms with Crippen LogP contribution in [0.25, 0.3) is 10.8 Å². The molecule has 0 amide bonds. The van der Waals surface area contributed by atoms with Crippen molar-refractivity contribution in [3.05, 3.63) is 425 Å². The molecule has 0 bridgehead atoms. The zero-order chi connectivity index (χ0) is 89.8. The summed E-state index contributed by atoms with van der Waals surface area (Å²) in [7, 11) is -16.5. The molecule has 0 radical (unpaired) electrons. The molecule has 0 fully saturated rings. The first-order valence-corrected chi connectivity index (χ1v) is 47.9. The van der Waals surface area contributed by atoms with E-state index in [1.54, 1.807) is 350 Å². The maximum Gasteiger partial charge on any atom is 0.339 e. The van der Waals surface area contributed by atoms with Gasteiger partial charge in [-0.15, -0.1) is 0 Å². The summed E-state index contributed by atoms with van der Waals surface area (Å²) in [5.74, 6) is -4.45. The van der Waals surface area contributed by atoms with Crippen LogP contribution >= 0.6 is 28.6 Å². The normalized spacial score (nSPS) is 11.7. The van der Waals surface area contributed by atoms with E-state index in [2.05, 4.69) is 0 Å². The minimum Gasteiger partial charge on any atom is -0.457 e.